The monoisotopic (exact) mass is 1040 g/mol. The molecular formula is C69H118O6. The van der Waals surface area contributed by atoms with Gasteiger partial charge in [0.2, 0.25) is 0 Å². The first-order valence-corrected chi connectivity index (χ1v) is 31.7. The minimum atomic E-state index is -0.817. The predicted octanol–water partition coefficient (Wildman–Crippen LogP) is 21.7. The maximum atomic E-state index is 12.9. The SMILES string of the molecule is CC/C=C\C/C=C\C/C=C\C/C=C\CCCCC(=O)OCC(COC(=O)CCCCCCCCCCCCCCCCCCCCCCCCCCCCC)OC(=O)CCCC/C=C\C/C=C\C/C=C\C/C=C\CC. The van der Waals surface area contributed by atoms with Crippen LogP contribution >= 0.6 is 0 Å². The molecule has 0 spiro atoms. The van der Waals surface area contributed by atoms with E-state index in [1.165, 1.54) is 154 Å². The molecule has 0 heterocycles. The molecule has 430 valence electrons. The molecule has 0 aromatic carbocycles. The molecule has 0 bridgehead atoms. The highest BCUT2D eigenvalue weighted by Gasteiger charge is 2.19. The summed E-state index contributed by atoms with van der Waals surface area (Å²) in [4.78, 5) is 38.2. The van der Waals surface area contributed by atoms with Crippen molar-refractivity contribution in [2.75, 3.05) is 13.2 Å². The second-order valence-electron chi connectivity index (χ2n) is 20.9. The molecule has 0 aliphatic carbocycles. The van der Waals surface area contributed by atoms with E-state index in [9.17, 15) is 14.4 Å². The summed E-state index contributed by atoms with van der Waals surface area (Å²) in [5, 5.41) is 0. The highest BCUT2D eigenvalue weighted by molar-refractivity contribution is 5.71. The van der Waals surface area contributed by atoms with Gasteiger partial charge in [-0.05, 0) is 96.3 Å². The summed E-state index contributed by atoms with van der Waals surface area (Å²) in [6.07, 6.45) is 84.4. The molecule has 6 nitrogen and oxygen atoms in total. The van der Waals surface area contributed by atoms with Crippen molar-refractivity contribution in [3.05, 3.63) is 97.2 Å². The molecule has 0 aliphatic heterocycles. The van der Waals surface area contributed by atoms with E-state index in [4.69, 9.17) is 14.2 Å². The van der Waals surface area contributed by atoms with Crippen molar-refractivity contribution in [1.29, 1.82) is 0 Å². The number of esters is 3. The molecule has 0 aromatic rings. The average molecular weight is 1040 g/mol. The minimum Gasteiger partial charge on any atom is -0.462 e. The largest absolute Gasteiger partial charge is 0.462 e. The van der Waals surface area contributed by atoms with Crippen molar-refractivity contribution in [1.82, 2.24) is 0 Å². The highest BCUT2D eigenvalue weighted by Crippen LogP contribution is 2.17. The van der Waals surface area contributed by atoms with E-state index < -0.39 is 6.10 Å². The fourth-order valence-corrected chi connectivity index (χ4v) is 8.90. The maximum Gasteiger partial charge on any atom is 0.306 e. The number of allylic oxidation sites excluding steroid dienone is 16. The molecular weight excluding hydrogens is 925 g/mol. The molecule has 0 N–H and O–H groups in total. The lowest BCUT2D eigenvalue weighted by atomic mass is 10.0. The van der Waals surface area contributed by atoms with Crippen LogP contribution in [0.4, 0.5) is 0 Å². The first-order valence-electron chi connectivity index (χ1n) is 31.7. The Morgan fingerprint density at radius 3 is 0.813 bits per heavy atom. The van der Waals surface area contributed by atoms with Crippen molar-refractivity contribution in [3.63, 3.8) is 0 Å². The van der Waals surface area contributed by atoms with Crippen LogP contribution in [0.3, 0.4) is 0 Å². The third kappa shape index (κ3) is 61.1. The fourth-order valence-electron chi connectivity index (χ4n) is 8.90. The van der Waals surface area contributed by atoms with Crippen molar-refractivity contribution in [2.24, 2.45) is 0 Å². The molecule has 6 heteroatoms. The van der Waals surface area contributed by atoms with E-state index >= 15 is 0 Å². The van der Waals surface area contributed by atoms with E-state index in [0.29, 0.717) is 25.7 Å². The van der Waals surface area contributed by atoms with Gasteiger partial charge in [-0.3, -0.25) is 14.4 Å². The summed E-state index contributed by atoms with van der Waals surface area (Å²) in [6.45, 7) is 6.37. The zero-order valence-corrected chi connectivity index (χ0v) is 49.3. The second-order valence-corrected chi connectivity index (χ2v) is 20.9. The number of rotatable bonds is 57. The molecule has 1 unspecified atom stereocenters. The standard InChI is InChI=1S/C69H118O6/c1-4-7-10-13-16-19-22-25-28-29-30-31-32-33-34-35-36-37-38-39-42-44-47-50-53-56-59-62-68(71)74-65-66(75-69(72)63-60-57-54-51-48-45-41-27-24-21-18-15-12-9-6-3)64-73-67(70)61-58-55-52-49-46-43-40-26-23-20-17-14-11-8-5-2/h8-9,11-12,17-18,20-21,26-27,40-41,46,48-49,51,66H,4-7,10,13-16,19,22-25,28-39,42-45,47,50,52-65H2,1-3H3/b11-8-,12-9-,20-17-,21-18-,40-26-,41-27-,49-46-,51-48-. The quantitative estimate of drug-likeness (QED) is 0.0261. The fraction of sp³-hybridized carbons (Fsp3) is 0.725. The van der Waals surface area contributed by atoms with Crippen LogP contribution in [-0.4, -0.2) is 37.2 Å². The Balaban J connectivity index is 4.30. The summed E-state index contributed by atoms with van der Waals surface area (Å²) in [7, 11) is 0. The van der Waals surface area contributed by atoms with Crippen LogP contribution in [0.2, 0.25) is 0 Å². The number of hydrogen-bond acceptors (Lipinski definition) is 6. The summed E-state index contributed by atoms with van der Waals surface area (Å²) in [6, 6.07) is 0. The van der Waals surface area contributed by atoms with Gasteiger partial charge in [0.25, 0.3) is 0 Å². The number of ether oxygens (including phenoxy) is 3. The molecule has 75 heavy (non-hydrogen) atoms. The van der Waals surface area contributed by atoms with Crippen molar-refractivity contribution in [3.8, 4) is 0 Å². The van der Waals surface area contributed by atoms with Crippen LogP contribution in [0.15, 0.2) is 97.2 Å². The third-order valence-electron chi connectivity index (χ3n) is 13.6. The molecule has 0 aromatic heterocycles. The molecule has 0 aliphatic rings. The lowest BCUT2D eigenvalue weighted by Gasteiger charge is -2.18. The van der Waals surface area contributed by atoms with Gasteiger partial charge in [-0.1, -0.05) is 285 Å². The van der Waals surface area contributed by atoms with E-state index in [1.807, 2.05) is 0 Å². The van der Waals surface area contributed by atoms with Gasteiger partial charge >= 0.3 is 17.9 Å². The Morgan fingerprint density at radius 1 is 0.280 bits per heavy atom. The Hall–Kier alpha value is -3.67. The number of carbonyl (C=O) groups is 3. The van der Waals surface area contributed by atoms with Gasteiger partial charge in [0, 0.05) is 19.3 Å². The molecule has 1 atom stereocenters. The lowest BCUT2D eigenvalue weighted by Crippen LogP contribution is -2.30. The van der Waals surface area contributed by atoms with Crippen LogP contribution in [0.5, 0.6) is 0 Å². The first-order chi connectivity index (χ1) is 37.0. The number of unbranched alkanes of at least 4 members (excludes halogenated alkanes) is 30. The Morgan fingerprint density at radius 2 is 0.520 bits per heavy atom. The zero-order chi connectivity index (χ0) is 54.3. The van der Waals surface area contributed by atoms with E-state index in [1.54, 1.807) is 0 Å². The minimum absolute atomic E-state index is 0.106. The normalized spacial score (nSPS) is 12.7. The van der Waals surface area contributed by atoms with Gasteiger partial charge in [-0.15, -0.1) is 0 Å². The maximum absolute atomic E-state index is 12.9. The second kappa shape index (κ2) is 62.9. The van der Waals surface area contributed by atoms with Gasteiger partial charge in [-0.2, -0.15) is 0 Å². The molecule has 0 saturated carbocycles. The molecule has 0 rings (SSSR count). The highest BCUT2D eigenvalue weighted by atomic mass is 16.6. The summed E-state index contributed by atoms with van der Waals surface area (Å²) in [5.74, 6) is -0.984. The van der Waals surface area contributed by atoms with E-state index in [0.717, 1.165) is 96.3 Å². The van der Waals surface area contributed by atoms with Crippen LogP contribution in [0.1, 0.15) is 303 Å². The molecule has 0 radical (unpaired) electrons. The van der Waals surface area contributed by atoms with Crippen molar-refractivity contribution in [2.45, 2.75) is 309 Å². The van der Waals surface area contributed by atoms with Crippen LogP contribution in [0, 0.1) is 0 Å². The third-order valence-corrected chi connectivity index (χ3v) is 13.6. The van der Waals surface area contributed by atoms with Crippen LogP contribution in [-0.2, 0) is 28.6 Å². The zero-order valence-electron chi connectivity index (χ0n) is 49.3. The topological polar surface area (TPSA) is 78.9 Å². The number of carbonyl (C=O) groups excluding carboxylic acids is 3. The molecule has 0 fully saturated rings. The summed E-state index contributed by atoms with van der Waals surface area (Å²) < 4.78 is 16.8. The lowest BCUT2D eigenvalue weighted by molar-refractivity contribution is -0.167. The summed E-state index contributed by atoms with van der Waals surface area (Å²) in [5.41, 5.74) is 0. The first kappa shape index (κ1) is 71.3. The van der Waals surface area contributed by atoms with E-state index in [2.05, 4.69) is 118 Å². The molecule has 0 amide bonds. The predicted molar refractivity (Wildman–Crippen MR) is 325 cm³/mol. The van der Waals surface area contributed by atoms with Crippen LogP contribution in [0.25, 0.3) is 0 Å². The summed E-state index contributed by atoms with van der Waals surface area (Å²) >= 11 is 0. The van der Waals surface area contributed by atoms with Crippen molar-refractivity contribution >= 4 is 17.9 Å². The Labute approximate surface area is 464 Å². The Kier molecular flexibility index (Phi) is 59.8. The van der Waals surface area contributed by atoms with E-state index in [-0.39, 0.29) is 37.5 Å². The number of hydrogen-bond donors (Lipinski definition) is 0. The van der Waals surface area contributed by atoms with Gasteiger partial charge < -0.3 is 14.2 Å². The van der Waals surface area contributed by atoms with Gasteiger partial charge in [0.1, 0.15) is 13.2 Å². The van der Waals surface area contributed by atoms with Gasteiger partial charge in [0.15, 0.2) is 6.10 Å². The van der Waals surface area contributed by atoms with Gasteiger partial charge in [0.05, 0.1) is 0 Å². The van der Waals surface area contributed by atoms with Gasteiger partial charge in [-0.25, -0.2) is 0 Å². The molecule has 0 saturated heterocycles. The average Bonchev–Trinajstić information content (AvgIpc) is 3.41. The van der Waals surface area contributed by atoms with Crippen LogP contribution < -0.4 is 0 Å². The Bertz CT molecular complexity index is 1480. The van der Waals surface area contributed by atoms with Crippen molar-refractivity contribution < 1.29 is 28.6 Å². The smallest absolute Gasteiger partial charge is 0.306 e.